The van der Waals surface area contributed by atoms with Crippen LogP contribution in [0.15, 0.2) is 11.3 Å². The van der Waals surface area contributed by atoms with Gasteiger partial charge in [0, 0.05) is 6.42 Å². The molecule has 4 heteroatoms. The average molecular weight is 198 g/mol. The van der Waals surface area contributed by atoms with Crippen LogP contribution < -0.4 is 0 Å². The minimum absolute atomic E-state index is 0.0601. The molecule has 4 nitrogen and oxygen atoms in total. The summed E-state index contributed by atoms with van der Waals surface area (Å²) in [5.41, 5.74) is 0.0601. The molecule has 1 rings (SSSR count). The van der Waals surface area contributed by atoms with Crippen molar-refractivity contribution < 1.29 is 19.1 Å². The van der Waals surface area contributed by atoms with Crippen molar-refractivity contribution in [2.24, 2.45) is 0 Å². The van der Waals surface area contributed by atoms with Gasteiger partial charge < -0.3 is 9.47 Å². The Morgan fingerprint density at radius 2 is 2.29 bits per heavy atom. The van der Waals surface area contributed by atoms with Crippen LogP contribution in [0.5, 0.6) is 0 Å². The molecular formula is C10H14O4. The Morgan fingerprint density at radius 3 is 2.79 bits per heavy atom. The van der Waals surface area contributed by atoms with Crippen molar-refractivity contribution >= 4 is 11.8 Å². The number of Topliss-reactive ketones (excluding diaryl/α,β-unsaturated/α-hetero) is 1. The van der Waals surface area contributed by atoms with E-state index in [0.717, 1.165) is 0 Å². The number of carbonyl (C=O) groups excluding carboxylic acids is 2. The SMILES string of the molecule is CCOC(=O)C1=C(C)O[C@@H](C)CC1=O. The first-order chi connectivity index (χ1) is 6.56. The number of carbonyl (C=O) groups is 2. The average Bonchev–Trinajstić information content (AvgIpc) is 2.01. The molecule has 1 aliphatic heterocycles. The molecule has 0 saturated carbocycles. The standard InChI is InChI=1S/C10H14O4/c1-4-13-10(12)9-7(3)14-6(2)5-8(9)11/h6H,4-5H2,1-3H3/t6-/m0/s1. The number of ketones is 1. The molecule has 0 aromatic rings. The molecule has 0 amide bonds. The Bertz CT molecular complexity index is 290. The quantitative estimate of drug-likeness (QED) is 0.494. The van der Waals surface area contributed by atoms with Gasteiger partial charge in [0.05, 0.1) is 6.61 Å². The maximum Gasteiger partial charge on any atom is 0.345 e. The van der Waals surface area contributed by atoms with Crippen LogP contribution in [-0.4, -0.2) is 24.5 Å². The van der Waals surface area contributed by atoms with Crippen molar-refractivity contribution in [2.45, 2.75) is 33.3 Å². The molecule has 0 aromatic heterocycles. The van der Waals surface area contributed by atoms with Crippen molar-refractivity contribution in [2.75, 3.05) is 6.61 Å². The van der Waals surface area contributed by atoms with Gasteiger partial charge in [-0.05, 0) is 20.8 Å². The van der Waals surface area contributed by atoms with E-state index in [2.05, 4.69) is 0 Å². The molecule has 0 aliphatic carbocycles. The summed E-state index contributed by atoms with van der Waals surface area (Å²) in [5.74, 6) is -0.409. The lowest BCUT2D eigenvalue weighted by molar-refractivity contribution is -0.141. The molecule has 0 saturated heterocycles. The Morgan fingerprint density at radius 1 is 1.64 bits per heavy atom. The lowest BCUT2D eigenvalue weighted by Gasteiger charge is -2.22. The lowest BCUT2D eigenvalue weighted by atomic mass is 10.0. The molecule has 0 fully saturated rings. The normalized spacial score (nSPS) is 21.9. The van der Waals surface area contributed by atoms with Crippen LogP contribution in [0.1, 0.15) is 27.2 Å². The molecular weight excluding hydrogens is 184 g/mol. The van der Waals surface area contributed by atoms with Crippen LogP contribution in [-0.2, 0) is 19.1 Å². The van der Waals surface area contributed by atoms with Gasteiger partial charge in [0.1, 0.15) is 17.4 Å². The van der Waals surface area contributed by atoms with Gasteiger partial charge in [-0.1, -0.05) is 0 Å². The Kier molecular flexibility index (Phi) is 3.28. The third-order valence-corrected chi connectivity index (χ3v) is 1.96. The van der Waals surface area contributed by atoms with E-state index < -0.39 is 5.97 Å². The van der Waals surface area contributed by atoms with Crippen molar-refractivity contribution in [3.05, 3.63) is 11.3 Å². The molecule has 0 radical (unpaired) electrons. The molecule has 0 unspecified atom stereocenters. The van der Waals surface area contributed by atoms with Crippen LogP contribution in [0.3, 0.4) is 0 Å². The van der Waals surface area contributed by atoms with Crippen molar-refractivity contribution in [1.29, 1.82) is 0 Å². The highest BCUT2D eigenvalue weighted by molar-refractivity contribution is 6.18. The predicted octanol–water partition coefficient (Wildman–Crippen LogP) is 1.20. The molecule has 1 aliphatic rings. The van der Waals surface area contributed by atoms with E-state index in [1.54, 1.807) is 20.8 Å². The van der Waals surface area contributed by atoms with Crippen LogP contribution >= 0.6 is 0 Å². The monoisotopic (exact) mass is 198 g/mol. The van der Waals surface area contributed by atoms with Crippen LogP contribution in [0.25, 0.3) is 0 Å². The summed E-state index contributed by atoms with van der Waals surface area (Å²) in [5, 5.41) is 0. The molecule has 0 bridgehead atoms. The van der Waals surface area contributed by atoms with E-state index in [1.807, 2.05) is 0 Å². The zero-order valence-electron chi connectivity index (χ0n) is 8.62. The Balaban J connectivity index is 2.89. The maximum absolute atomic E-state index is 11.5. The lowest BCUT2D eigenvalue weighted by Crippen LogP contribution is -2.27. The minimum atomic E-state index is -0.582. The highest BCUT2D eigenvalue weighted by Crippen LogP contribution is 2.21. The molecule has 14 heavy (non-hydrogen) atoms. The van der Waals surface area contributed by atoms with E-state index in [9.17, 15) is 9.59 Å². The number of hydrogen-bond donors (Lipinski definition) is 0. The van der Waals surface area contributed by atoms with Crippen molar-refractivity contribution in [3.8, 4) is 0 Å². The molecule has 0 aromatic carbocycles. The van der Waals surface area contributed by atoms with Crippen molar-refractivity contribution in [1.82, 2.24) is 0 Å². The summed E-state index contributed by atoms with van der Waals surface area (Å²) < 4.78 is 10.1. The fraction of sp³-hybridized carbons (Fsp3) is 0.600. The zero-order chi connectivity index (χ0) is 10.7. The summed E-state index contributed by atoms with van der Waals surface area (Å²) in [6.07, 6.45) is 0.0894. The first kappa shape index (κ1) is 10.8. The molecule has 0 N–H and O–H groups in total. The van der Waals surface area contributed by atoms with Gasteiger partial charge in [0.15, 0.2) is 5.78 Å². The topological polar surface area (TPSA) is 52.6 Å². The van der Waals surface area contributed by atoms with E-state index in [1.165, 1.54) is 0 Å². The summed E-state index contributed by atoms with van der Waals surface area (Å²) in [4.78, 5) is 22.8. The second-order valence-electron chi connectivity index (χ2n) is 3.21. The summed E-state index contributed by atoms with van der Waals surface area (Å²) in [6, 6.07) is 0. The van der Waals surface area contributed by atoms with Gasteiger partial charge in [0.25, 0.3) is 0 Å². The molecule has 1 atom stereocenters. The van der Waals surface area contributed by atoms with Crippen LogP contribution in [0.2, 0.25) is 0 Å². The third kappa shape index (κ3) is 2.13. The predicted molar refractivity (Wildman–Crippen MR) is 49.5 cm³/mol. The first-order valence-corrected chi connectivity index (χ1v) is 4.64. The van der Waals surface area contributed by atoms with Gasteiger partial charge in [-0.3, -0.25) is 4.79 Å². The van der Waals surface area contributed by atoms with Crippen molar-refractivity contribution in [3.63, 3.8) is 0 Å². The summed E-state index contributed by atoms with van der Waals surface area (Å²) in [6.45, 7) is 5.37. The van der Waals surface area contributed by atoms with E-state index in [-0.39, 0.29) is 30.5 Å². The largest absolute Gasteiger partial charge is 0.494 e. The zero-order valence-corrected chi connectivity index (χ0v) is 8.62. The molecule has 1 heterocycles. The second-order valence-corrected chi connectivity index (χ2v) is 3.21. The Labute approximate surface area is 82.9 Å². The number of rotatable bonds is 2. The molecule has 78 valence electrons. The number of ether oxygens (including phenoxy) is 2. The fourth-order valence-electron chi connectivity index (χ4n) is 1.42. The third-order valence-electron chi connectivity index (χ3n) is 1.96. The van der Waals surface area contributed by atoms with E-state index in [4.69, 9.17) is 9.47 Å². The van der Waals surface area contributed by atoms with Gasteiger partial charge >= 0.3 is 5.97 Å². The number of allylic oxidation sites excluding steroid dienone is 1. The van der Waals surface area contributed by atoms with Crippen LogP contribution in [0.4, 0.5) is 0 Å². The van der Waals surface area contributed by atoms with Gasteiger partial charge in [-0.15, -0.1) is 0 Å². The highest BCUT2D eigenvalue weighted by atomic mass is 16.5. The van der Waals surface area contributed by atoms with Gasteiger partial charge in [-0.2, -0.15) is 0 Å². The minimum Gasteiger partial charge on any atom is -0.494 e. The van der Waals surface area contributed by atoms with E-state index >= 15 is 0 Å². The highest BCUT2D eigenvalue weighted by Gasteiger charge is 2.30. The van der Waals surface area contributed by atoms with Gasteiger partial charge in [-0.25, -0.2) is 4.79 Å². The van der Waals surface area contributed by atoms with E-state index in [0.29, 0.717) is 5.76 Å². The smallest absolute Gasteiger partial charge is 0.345 e. The first-order valence-electron chi connectivity index (χ1n) is 4.64. The summed E-state index contributed by atoms with van der Waals surface area (Å²) in [7, 11) is 0. The molecule has 0 spiro atoms. The Hall–Kier alpha value is -1.32. The fourth-order valence-corrected chi connectivity index (χ4v) is 1.42. The van der Waals surface area contributed by atoms with Crippen LogP contribution in [0, 0.1) is 0 Å². The second kappa shape index (κ2) is 4.26. The van der Waals surface area contributed by atoms with Gasteiger partial charge in [0.2, 0.25) is 0 Å². The number of esters is 1. The summed E-state index contributed by atoms with van der Waals surface area (Å²) >= 11 is 0. The maximum atomic E-state index is 11.5. The number of hydrogen-bond acceptors (Lipinski definition) is 4.